The van der Waals surface area contributed by atoms with Gasteiger partial charge in [0.05, 0.1) is 6.61 Å². The minimum absolute atomic E-state index is 0.126. The van der Waals surface area contributed by atoms with Gasteiger partial charge in [0.2, 0.25) is 0 Å². The number of hydrogen-bond donors (Lipinski definition) is 1. The highest BCUT2D eigenvalue weighted by atomic mass is 79.9. The minimum Gasteiger partial charge on any atom is -0.395 e. The van der Waals surface area contributed by atoms with Crippen LogP contribution in [0.2, 0.25) is 0 Å². The highest BCUT2D eigenvalue weighted by Gasteiger charge is 2.13. The summed E-state index contributed by atoms with van der Waals surface area (Å²) in [7, 11) is 0. The first-order valence-corrected chi connectivity index (χ1v) is 6.28. The first kappa shape index (κ1) is 13.4. The van der Waals surface area contributed by atoms with E-state index in [1.54, 1.807) is 0 Å². The molecule has 1 rings (SSSR count). The standard InChI is InChI=1S/C11H18BrN3O/c1-4-10-13-9(12)7-11(14-10)15(5-6-16)8(2)3/h7-8,16H,4-6H2,1-3H3. The van der Waals surface area contributed by atoms with Crippen LogP contribution in [0.5, 0.6) is 0 Å². The molecule has 0 amide bonds. The van der Waals surface area contributed by atoms with Crippen molar-refractivity contribution in [2.24, 2.45) is 0 Å². The van der Waals surface area contributed by atoms with Gasteiger partial charge >= 0.3 is 0 Å². The summed E-state index contributed by atoms with van der Waals surface area (Å²) in [5.74, 6) is 1.68. The van der Waals surface area contributed by atoms with Crippen LogP contribution in [0.3, 0.4) is 0 Å². The molecule has 0 saturated heterocycles. The first-order chi connectivity index (χ1) is 7.58. The number of aryl methyl sites for hydroxylation is 1. The highest BCUT2D eigenvalue weighted by Crippen LogP contribution is 2.18. The third kappa shape index (κ3) is 3.42. The number of aliphatic hydroxyl groups excluding tert-OH is 1. The van der Waals surface area contributed by atoms with Crippen LogP contribution in [0.1, 0.15) is 26.6 Å². The maximum absolute atomic E-state index is 9.05. The fourth-order valence-electron chi connectivity index (χ4n) is 1.50. The van der Waals surface area contributed by atoms with E-state index < -0.39 is 0 Å². The Hall–Kier alpha value is -0.680. The van der Waals surface area contributed by atoms with Crippen molar-refractivity contribution in [2.75, 3.05) is 18.1 Å². The Balaban J connectivity index is 3.03. The van der Waals surface area contributed by atoms with Crippen LogP contribution in [0.4, 0.5) is 5.82 Å². The van der Waals surface area contributed by atoms with Gasteiger partial charge in [0.1, 0.15) is 16.2 Å². The van der Waals surface area contributed by atoms with Gasteiger partial charge in [-0.1, -0.05) is 6.92 Å². The van der Waals surface area contributed by atoms with Crippen molar-refractivity contribution >= 4 is 21.7 Å². The maximum Gasteiger partial charge on any atom is 0.133 e. The Morgan fingerprint density at radius 3 is 2.62 bits per heavy atom. The van der Waals surface area contributed by atoms with Crippen LogP contribution in [-0.2, 0) is 6.42 Å². The fraction of sp³-hybridized carbons (Fsp3) is 0.636. The highest BCUT2D eigenvalue weighted by molar-refractivity contribution is 9.10. The van der Waals surface area contributed by atoms with Crippen molar-refractivity contribution in [1.29, 1.82) is 0 Å². The molecule has 0 aliphatic rings. The zero-order valence-electron chi connectivity index (χ0n) is 9.94. The molecule has 0 saturated carbocycles. The zero-order chi connectivity index (χ0) is 12.1. The second-order valence-corrected chi connectivity index (χ2v) is 4.64. The number of aliphatic hydroxyl groups is 1. The summed E-state index contributed by atoms with van der Waals surface area (Å²) in [5, 5.41) is 9.05. The van der Waals surface area contributed by atoms with Crippen molar-refractivity contribution in [1.82, 2.24) is 9.97 Å². The molecular formula is C11H18BrN3O. The zero-order valence-corrected chi connectivity index (χ0v) is 11.5. The number of rotatable bonds is 5. The second kappa shape index (κ2) is 6.15. The van der Waals surface area contributed by atoms with E-state index in [0.29, 0.717) is 12.6 Å². The van der Waals surface area contributed by atoms with E-state index in [2.05, 4.69) is 44.6 Å². The third-order valence-electron chi connectivity index (χ3n) is 2.30. The quantitative estimate of drug-likeness (QED) is 0.842. The molecule has 4 nitrogen and oxygen atoms in total. The topological polar surface area (TPSA) is 49.2 Å². The predicted octanol–water partition coefficient (Wildman–Crippen LogP) is 2.01. The second-order valence-electron chi connectivity index (χ2n) is 3.83. The summed E-state index contributed by atoms with van der Waals surface area (Å²) in [4.78, 5) is 10.8. The molecule has 0 fully saturated rings. The van der Waals surface area contributed by atoms with Gasteiger partial charge in [0, 0.05) is 25.1 Å². The van der Waals surface area contributed by atoms with Crippen molar-refractivity contribution in [3.8, 4) is 0 Å². The number of nitrogens with zero attached hydrogens (tertiary/aromatic N) is 3. The lowest BCUT2D eigenvalue weighted by atomic mass is 10.3. The van der Waals surface area contributed by atoms with E-state index in [1.165, 1.54) is 0 Å². The lowest BCUT2D eigenvalue weighted by Crippen LogP contribution is -2.34. The van der Waals surface area contributed by atoms with Crippen LogP contribution >= 0.6 is 15.9 Å². The monoisotopic (exact) mass is 287 g/mol. The van der Waals surface area contributed by atoms with Crippen LogP contribution in [0.25, 0.3) is 0 Å². The first-order valence-electron chi connectivity index (χ1n) is 5.49. The summed E-state index contributed by atoms with van der Waals surface area (Å²) in [6.07, 6.45) is 0.803. The lowest BCUT2D eigenvalue weighted by Gasteiger charge is -2.27. The largest absolute Gasteiger partial charge is 0.395 e. The molecule has 16 heavy (non-hydrogen) atoms. The van der Waals surface area contributed by atoms with Crippen molar-refractivity contribution in [3.63, 3.8) is 0 Å². The molecule has 0 bridgehead atoms. The third-order valence-corrected chi connectivity index (χ3v) is 2.71. The average Bonchev–Trinajstić information content (AvgIpc) is 2.24. The normalized spacial score (nSPS) is 10.9. The molecule has 0 aliphatic carbocycles. The minimum atomic E-state index is 0.126. The smallest absolute Gasteiger partial charge is 0.133 e. The SMILES string of the molecule is CCc1nc(Br)cc(N(CCO)C(C)C)n1. The van der Waals surface area contributed by atoms with Gasteiger partial charge in [0.25, 0.3) is 0 Å². The molecule has 0 atom stereocenters. The fourth-order valence-corrected chi connectivity index (χ4v) is 1.91. The van der Waals surface area contributed by atoms with Crippen LogP contribution in [0.15, 0.2) is 10.7 Å². The summed E-state index contributed by atoms with van der Waals surface area (Å²) < 4.78 is 0.790. The number of hydrogen-bond acceptors (Lipinski definition) is 4. The van der Waals surface area contributed by atoms with Crippen molar-refractivity contribution in [2.45, 2.75) is 33.2 Å². The van der Waals surface area contributed by atoms with E-state index in [-0.39, 0.29) is 6.61 Å². The van der Waals surface area contributed by atoms with Gasteiger partial charge in [-0.05, 0) is 29.8 Å². The molecule has 0 aliphatic heterocycles. The Morgan fingerprint density at radius 2 is 2.12 bits per heavy atom. The van der Waals surface area contributed by atoms with Crippen molar-refractivity contribution in [3.05, 3.63) is 16.5 Å². The maximum atomic E-state index is 9.05. The Bertz CT molecular complexity index is 344. The molecule has 90 valence electrons. The van der Waals surface area contributed by atoms with E-state index in [1.807, 2.05) is 13.0 Å². The number of aromatic nitrogens is 2. The molecule has 0 radical (unpaired) electrons. The van der Waals surface area contributed by atoms with E-state index in [4.69, 9.17) is 5.11 Å². The van der Waals surface area contributed by atoms with E-state index in [0.717, 1.165) is 22.7 Å². The molecule has 5 heteroatoms. The molecule has 1 aromatic heterocycles. The molecule has 0 aromatic carbocycles. The van der Waals surface area contributed by atoms with E-state index >= 15 is 0 Å². The summed E-state index contributed by atoms with van der Waals surface area (Å²) in [5.41, 5.74) is 0. The van der Waals surface area contributed by atoms with Gasteiger partial charge in [0.15, 0.2) is 0 Å². The summed E-state index contributed by atoms with van der Waals surface area (Å²) in [6, 6.07) is 2.19. The molecule has 0 unspecified atom stereocenters. The van der Waals surface area contributed by atoms with Crippen molar-refractivity contribution < 1.29 is 5.11 Å². The Morgan fingerprint density at radius 1 is 1.44 bits per heavy atom. The van der Waals surface area contributed by atoms with Gasteiger partial charge in [-0.25, -0.2) is 9.97 Å². The van der Waals surface area contributed by atoms with Gasteiger partial charge in [-0.2, -0.15) is 0 Å². The average molecular weight is 288 g/mol. The molecule has 1 N–H and O–H groups in total. The van der Waals surface area contributed by atoms with Gasteiger partial charge in [-0.15, -0.1) is 0 Å². The van der Waals surface area contributed by atoms with Gasteiger partial charge < -0.3 is 10.0 Å². The number of halogens is 1. The van der Waals surface area contributed by atoms with Crippen LogP contribution in [-0.4, -0.2) is 34.3 Å². The molecule has 1 heterocycles. The van der Waals surface area contributed by atoms with E-state index in [9.17, 15) is 0 Å². The van der Waals surface area contributed by atoms with Gasteiger partial charge in [-0.3, -0.25) is 0 Å². The number of anilines is 1. The molecule has 1 aromatic rings. The molecule has 0 spiro atoms. The Labute approximate surface area is 105 Å². The molecular weight excluding hydrogens is 270 g/mol. The predicted molar refractivity (Wildman–Crippen MR) is 68.7 cm³/mol. The van der Waals surface area contributed by atoms with Crippen LogP contribution < -0.4 is 4.90 Å². The Kier molecular flexibility index (Phi) is 5.15. The summed E-state index contributed by atoms with van der Waals surface area (Å²) in [6.45, 7) is 6.90. The lowest BCUT2D eigenvalue weighted by molar-refractivity contribution is 0.298. The summed E-state index contributed by atoms with van der Waals surface area (Å²) >= 11 is 3.38. The van der Waals surface area contributed by atoms with Crippen LogP contribution in [0, 0.1) is 0 Å².